The van der Waals surface area contributed by atoms with Crippen molar-refractivity contribution in [1.82, 2.24) is 22.4 Å². The Balaban J connectivity index is 0.00000128. The highest BCUT2D eigenvalue weighted by atomic mass is 31.2. The summed E-state index contributed by atoms with van der Waals surface area (Å²) in [6.45, 7) is 0. The van der Waals surface area contributed by atoms with Gasteiger partial charge in [0.1, 0.15) is 5.69 Å². The SMILES string of the molecule is O=P([O-])([O-])c1cc(-c2ccncc2)no1.[NH4+].[NH4+]. The van der Waals surface area contributed by atoms with Gasteiger partial charge in [0, 0.05) is 31.6 Å². The van der Waals surface area contributed by atoms with E-state index in [2.05, 4.69) is 14.7 Å². The Labute approximate surface area is 97.0 Å². The summed E-state index contributed by atoms with van der Waals surface area (Å²) in [7, 11) is -4.86. The van der Waals surface area contributed by atoms with Crippen molar-refractivity contribution in [3.05, 3.63) is 30.6 Å². The molecule has 0 aromatic carbocycles. The Morgan fingerprint density at radius 2 is 1.76 bits per heavy atom. The smallest absolute Gasteiger partial charge is 0.167 e. The predicted molar refractivity (Wildman–Crippen MR) is 58.9 cm³/mol. The van der Waals surface area contributed by atoms with E-state index in [4.69, 9.17) is 0 Å². The third-order valence-corrected chi connectivity index (χ3v) is 2.49. The van der Waals surface area contributed by atoms with Gasteiger partial charge in [-0.15, -0.1) is 0 Å². The summed E-state index contributed by atoms with van der Waals surface area (Å²) in [4.78, 5) is 25.0. The Bertz CT molecular complexity index is 509. The summed E-state index contributed by atoms with van der Waals surface area (Å²) in [6, 6.07) is 4.35. The fraction of sp³-hybridized carbons (Fsp3) is 0. The van der Waals surface area contributed by atoms with Crippen LogP contribution in [0.3, 0.4) is 0 Å². The maximum atomic E-state index is 10.6. The maximum absolute atomic E-state index is 10.6. The Morgan fingerprint density at radius 1 is 1.18 bits per heavy atom. The molecule has 17 heavy (non-hydrogen) atoms. The van der Waals surface area contributed by atoms with Crippen LogP contribution in [0.25, 0.3) is 11.3 Å². The zero-order valence-corrected chi connectivity index (χ0v) is 10.3. The van der Waals surface area contributed by atoms with E-state index in [1.165, 1.54) is 12.4 Å². The van der Waals surface area contributed by atoms with Crippen molar-refractivity contribution in [2.24, 2.45) is 0 Å². The third-order valence-electron chi connectivity index (χ3n) is 1.74. The first-order chi connectivity index (χ1) is 7.07. The van der Waals surface area contributed by atoms with Crippen LogP contribution >= 0.6 is 7.60 Å². The van der Waals surface area contributed by atoms with Crippen LogP contribution in [0, 0.1) is 0 Å². The van der Waals surface area contributed by atoms with Gasteiger partial charge in [0.05, 0.1) is 0 Å². The standard InChI is InChI=1S/C8H7N2O4P.2H3N/c11-15(12,13)8-5-7(10-14-8)6-1-3-9-4-2-6;;/h1-5H,(H2,11,12,13);2*1H3. The van der Waals surface area contributed by atoms with E-state index in [1.807, 2.05) is 0 Å². The van der Waals surface area contributed by atoms with Gasteiger partial charge >= 0.3 is 0 Å². The summed E-state index contributed by atoms with van der Waals surface area (Å²) in [5.41, 5.74) is 0.266. The Hall–Kier alpha value is -1.57. The highest BCUT2D eigenvalue weighted by Gasteiger charge is 2.08. The second kappa shape index (κ2) is 5.67. The molecule has 0 amide bonds. The average Bonchev–Trinajstić information content (AvgIpc) is 2.67. The number of aromatic nitrogens is 2. The van der Waals surface area contributed by atoms with Crippen LogP contribution in [0.1, 0.15) is 0 Å². The lowest BCUT2D eigenvalue weighted by Crippen LogP contribution is -2.23. The molecule has 0 fully saturated rings. The molecule has 0 unspecified atom stereocenters. The number of hydrogen-bond acceptors (Lipinski definition) is 6. The largest absolute Gasteiger partial charge is 0.805 e. The molecule has 0 aliphatic heterocycles. The van der Waals surface area contributed by atoms with E-state index < -0.39 is 13.1 Å². The molecule has 0 aliphatic carbocycles. The molecule has 2 aromatic rings. The molecule has 0 bridgehead atoms. The number of hydrogen-bond donors (Lipinski definition) is 2. The van der Waals surface area contributed by atoms with Crippen LogP contribution < -0.4 is 27.6 Å². The van der Waals surface area contributed by atoms with Gasteiger partial charge in [-0.2, -0.15) is 0 Å². The zero-order valence-electron chi connectivity index (χ0n) is 9.36. The number of quaternary nitrogens is 2. The lowest BCUT2D eigenvalue weighted by molar-refractivity contribution is -0.309. The first-order valence-corrected chi connectivity index (χ1v) is 5.51. The fourth-order valence-electron chi connectivity index (χ4n) is 1.05. The van der Waals surface area contributed by atoms with E-state index in [0.717, 1.165) is 6.07 Å². The van der Waals surface area contributed by atoms with Crippen molar-refractivity contribution in [3.8, 4) is 11.3 Å². The van der Waals surface area contributed by atoms with Crippen LogP contribution in [0.4, 0.5) is 0 Å². The van der Waals surface area contributed by atoms with E-state index in [1.54, 1.807) is 12.1 Å². The summed E-state index contributed by atoms with van der Waals surface area (Å²) in [6.07, 6.45) is 3.05. The quantitative estimate of drug-likeness (QED) is 0.719. The Morgan fingerprint density at radius 3 is 2.24 bits per heavy atom. The molecule has 9 heteroatoms. The molecule has 0 aliphatic rings. The molecule has 2 rings (SSSR count). The van der Waals surface area contributed by atoms with E-state index in [-0.39, 0.29) is 12.3 Å². The van der Waals surface area contributed by atoms with Gasteiger partial charge in [-0.05, 0) is 12.1 Å². The summed E-state index contributed by atoms with van der Waals surface area (Å²) >= 11 is 0. The van der Waals surface area contributed by atoms with Crippen molar-refractivity contribution in [2.75, 3.05) is 0 Å². The van der Waals surface area contributed by atoms with Crippen molar-refractivity contribution in [1.29, 1.82) is 0 Å². The molecule has 0 saturated carbocycles. The monoisotopic (exact) mass is 260 g/mol. The van der Waals surface area contributed by atoms with Crippen molar-refractivity contribution < 1.29 is 18.9 Å². The number of rotatable bonds is 2. The van der Waals surface area contributed by atoms with Crippen LogP contribution in [-0.4, -0.2) is 10.1 Å². The minimum atomic E-state index is -4.86. The molecular weight excluding hydrogens is 247 g/mol. The predicted octanol–water partition coefficient (Wildman–Crippen LogP) is 0.0280. The molecule has 94 valence electrons. The molecule has 2 heterocycles. The molecule has 0 radical (unpaired) electrons. The maximum Gasteiger partial charge on any atom is 0.167 e. The lowest BCUT2D eigenvalue weighted by Gasteiger charge is -2.24. The molecule has 2 aromatic heterocycles. The highest BCUT2D eigenvalue weighted by Crippen LogP contribution is 2.25. The second-order valence-electron chi connectivity index (χ2n) is 2.78. The van der Waals surface area contributed by atoms with Gasteiger partial charge in [0.2, 0.25) is 0 Å². The summed E-state index contributed by atoms with van der Waals surface area (Å²) in [5, 5.41) is 3.48. The fourth-order valence-corrected chi connectivity index (χ4v) is 1.47. The minimum absolute atomic E-state index is 0. The minimum Gasteiger partial charge on any atom is -0.805 e. The number of nitrogens with zero attached hydrogens (tertiary/aromatic N) is 2. The van der Waals surface area contributed by atoms with E-state index in [9.17, 15) is 14.4 Å². The first-order valence-electron chi connectivity index (χ1n) is 3.97. The molecular formula is C8H13N4O4P. The number of pyridine rings is 1. The van der Waals surface area contributed by atoms with Gasteiger partial charge in [0.25, 0.3) is 0 Å². The first kappa shape index (κ1) is 15.4. The third kappa shape index (κ3) is 3.45. The second-order valence-corrected chi connectivity index (χ2v) is 4.22. The van der Waals surface area contributed by atoms with Crippen LogP contribution in [-0.2, 0) is 4.57 Å². The van der Waals surface area contributed by atoms with Crippen LogP contribution in [0.2, 0.25) is 0 Å². The van der Waals surface area contributed by atoms with Crippen molar-refractivity contribution >= 4 is 13.1 Å². The topological polar surface area (TPSA) is 175 Å². The molecule has 0 saturated heterocycles. The van der Waals surface area contributed by atoms with E-state index in [0.29, 0.717) is 11.3 Å². The zero-order chi connectivity index (χ0) is 10.9. The molecule has 0 spiro atoms. The lowest BCUT2D eigenvalue weighted by atomic mass is 10.2. The van der Waals surface area contributed by atoms with Crippen LogP contribution in [0.5, 0.6) is 0 Å². The van der Waals surface area contributed by atoms with Crippen molar-refractivity contribution in [3.63, 3.8) is 0 Å². The summed E-state index contributed by atoms with van der Waals surface area (Å²) in [5.74, 6) is 0. The van der Waals surface area contributed by atoms with Gasteiger partial charge < -0.3 is 31.2 Å². The van der Waals surface area contributed by atoms with Gasteiger partial charge in [-0.3, -0.25) is 4.98 Å². The van der Waals surface area contributed by atoms with Gasteiger partial charge in [0.15, 0.2) is 5.50 Å². The van der Waals surface area contributed by atoms with Gasteiger partial charge in [-0.1, -0.05) is 5.16 Å². The summed E-state index contributed by atoms with van der Waals surface area (Å²) < 4.78 is 15.0. The van der Waals surface area contributed by atoms with Gasteiger partial charge in [-0.25, -0.2) is 0 Å². The molecule has 8 N–H and O–H groups in total. The average molecular weight is 260 g/mol. The highest BCUT2D eigenvalue weighted by molar-refractivity contribution is 7.57. The van der Waals surface area contributed by atoms with E-state index >= 15 is 0 Å². The van der Waals surface area contributed by atoms with Crippen LogP contribution in [0.15, 0.2) is 35.1 Å². The normalized spacial score (nSPS) is 10.2. The molecule has 0 atom stereocenters. The van der Waals surface area contributed by atoms with Crippen molar-refractivity contribution in [2.45, 2.75) is 0 Å². The molecule has 8 nitrogen and oxygen atoms in total. The Kier molecular flexibility index (Phi) is 5.14.